The topological polar surface area (TPSA) is 109 Å². The van der Waals surface area contributed by atoms with Crippen molar-refractivity contribution in [1.82, 2.24) is 19.8 Å². The van der Waals surface area contributed by atoms with Crippen molar-refractivity contribution in [3.05, 3.63) is 102 Å². The second-order valence-electron chi connectivity index (χ2n) is 10.7. The predicted molar refractivity (Wildman–Crippen MR) is 153 cm³/mol. The molecule has 2 amide bonds. The number of amides is 2. The molecule has 1 aliphatic heterocycles. The first-order chi connectivity index (χ1) is 19.7. The van der Waals surface area contributed by atoms with Crippen LogP contribution in [0.2, 0.25) is 0 Å². The molecule has 41 heavy (non-hydrogen) atoms. The number of pyridine rings is 1. The fourth-order valence-corrected chi connectivity index (χ4v) is 5.08. The normalized spacial score (nSPS) is 15.2. The van der Waals surface area contributed by atoms with E-state index in [1.807, 2.05) is 42.5 Å². The van der Waals surface area contributed by atoms with E-state index in [1.165, 1.54) is 11.1 Å². The van der Waals surface area contributed by atoms with Gasteiger partial charge >= 0.3 is 6.09 Å². The van der Waals surface area contributed by atoms with E-state index >= 15 is 0 Å². The molecular formula is C32H34N4O5. The molecule has 0 bridgehead atoms. The monoisotopic (exact) mass is 554 g/mol. The molecule has 4 aromatic rings. The van der Waals surface area contributed by atoms with Crippen LogP contribution in [0, 0.1) is 5.92 Å². The lowest BCUT2D eigenvalue weighted by Crippen LogP contribution is -2.51. The molecule has 0 radical (unpaired) electrons. The highest BCUT2D eigenvalue weighted by Crippen LogP contribution is 2.40. The number of nitrogens with zero attached hydrogens (tertiary/aromatic N) is 4. The number of carbonyl (C=O) groups is 2. The van der Waals surface area contributed by atoms with Gasteiger partial charge in [-0.15, -0.1) is 0 Å². The van der Waals surface area contributed by atoms with Crippen molar-refractivity contribution < 1.29 is 23.8 Å². The lowest BCUT2D eigenvalue weighted by Gasteiger charge is -2.35. The van der Waals surface area contributed by atoms with Crippen LogP contribution in [0.4, 0.5) is 4.79 Å². The Hall–Kier alpha value is -4.66. The summed E-state index contributed by atoms with van der Waals surface area (Å²) in [7, 11) is 0. The van der Waals surface area contributed by atoms with Crippen molar-refractivity contribution in [2.45, 2.75) is 39.3 Å². The van der Waals surface area contributed by atoms with Crippen LogP contribution in [0.25, 0.3) is 11.5 Å². The molecule has 0 spiro atoms. The summed E-state index contributed by atoms with van der Waals surface area (Å²) in [5.41, 5.74) is 4.47. The van der Waals surface area contributed by atoms with Gasteiger partial charge in [-0.3, -0.25) is 14.7 Å². The molecule has 1 N–H and O–H groups in total. The van der Waals surface area contributed by atoms with Crippen molar-refractivity contribution >= 4 is 12.0 Å². The van der Waals surface area contributed by atoms with Gasteiger partial charge in [0, 0.05) is 30.3 Å². The summed E-state index contributed by atoms with van der Waals surface area (Å²) in [5.74, 6) is 1.35. The largest absolute Gasteiger partial charge is 0.487 e. The minimum atomic E-state index is -1.08. The van der Waals surface area contributed by atoms with Crippen LogP contribution < -0.4 is 4.74 Å². The standard InChI is InChI=1S/C32H34N4O5/c1-22(2)32(3,25-11-13-28(14-12-25)40-20-26-6-4-5-15-33-26)24-9-7-23(8-10-24)30-34-27(21-41-30)18-35-16-17-36(31(38)39)19-29(35)37/h4-15,21-22H,16-20H2,1-3H3,(H,38,39). The fourth-order valence-electron chi connectivity index (χ4n) is 5.08. The Bertz CT molecular complexity index is 1480. The Kier molecular flexibility index (Phi) is 8.05. The average molecular weight is 555 g/mol. The van der Waals surface area contributed by atoms with Crippen molar-refractivity contribution in [2.24, 2.45) is 5.92 Å². The zero-order valence-corrected chi connectivity index (χ0v) is 23.5. The predicted octanol–water partition coefficient (Wildman–Crippen LogP) is 5.60. The number of carboxylic acid groups (broad SMARTS) is 1. The van der Waals surface area contributed by atoms with Crippen LogP contribution in [0.3, 0.4) is 0 Å². The maximum atomic E-state index is 12.4. The number of aromatic nitrogens is 2. The minimum absolute atomic E-state index is 0.142. The van der Waals surface area contributed by atoms with Crippen LogP contribution in [0.1, 0.15) is 43.3 Å². The Balaban J connectivity index is 1.27. The van der Waals surface area contributed by atoms with Crippen molar-refractivity contribution in [3.8, 4) is 17.2 Å². The van der Waals surface area contributed by atoms with Gasteiger partial charge in [-0.05, 0) is 53.4 Å². The van der Waals surface area contributed by atoms with E-state index in [-0.39, 0.29) is 31.0 Å². The number of hydrogen-bond donors (Lipinski definition) is 1. The molecule has 2 aromatic carbocycles. The zero-order valence-electron chi connectivity index (χ0n) is 23.5. The van der Waals surface area contributed by atoms with E-state index in [1.54, 1.807) is 17.4 Å². The number of rotatable bonds is 9. The second-order valence-corrected chi connectivity index (χ2v) is 10.7. The highest BCUT2D eigenvalue weighted by molar-refractivity contribution is 5.83. The number of benzene rings is 2. The van der Waals surface area contributed by atoms with Crippen molar-refractivity contribution in [3.63, 3.8) is 0 Å². The SMILES string of the molecule is CC(C)C(C)(c1ccc(OCc2ccccn2)cc1)c1ccc(-c2nc(CN3CCN(C(=O)O)CC3=O)co2)cc1. The molecule has 1 unspecified atom stereocenters. The molecule has 1 aliphatic rings. The van der Waals surface area contributed by atoms with E-state index in [4.69, 9.17) is 14.3 Å². The Morgan fingerprint density at radius 2 is 1.73 bits per heavy atom. The van der Waals surface area contributed by atoms with Gasteiger partial charge in [0.2, 0.25) is 11.8 Å². The lowest BCUT2D eigenvalue weighted by atomic mass is 9.68. The van der Waals surface area contributed by atoms with Gasteiger partial charge in [-0.2, -0.15) is 0 Å². The molecule has 3 heterocycles. The molecule has 9 nitrogen and oxygen atoms in total. The zero-order chi connectivity index (χ0) is 29.0. The number of oxazole rings is 1. The quantitative estimate of drug-likeness (QED) is 0.287. The molecule has 0 aliphatic carbocycles. The average Bonchev–Trinajstić information content (AvgIpc) is 3.46. The van der Waals surface area contributed by atoms with Gasteiger partial charge in [-0.1, -0.05) is 51.1 Å². The molecule has 0 saturated carbocycles. The summed E-state index contributed by atoms with van der Waals surface area (Å²) in [4.78, 5) is 35.1. The molecular weight excluding hydrogens is 520 g/mol. The fraction of sp³-hybridized carbons (Fsp3) is 0.312. The first-order valence-corrected chi connectivity index (χ1v) is 13.7. The minimum Gasteiger partial charge on any atom is -0.487 e. The van der Waals surface area contributed by atoms with Crippen LogP contribution in [-0.4, -0.2) is 56.5 Å². The first-order valence-electron chi connectivity index (χ1n) is 13.7. The Morgan fingerprint density at radius 1 is 1.02 bits per heavy atom. The third-order valence-electron chi connectivity index (χ3n) is 7.95. The number of carbonyl (C=O) groups excluding carboxylic acids is 1. The summed E-state index contributed by atoms with van der Waals surface area (Å²) >= 11 is 0. The van der Waals surface area contributed by atoms with E-state index in [0.29, 0.717) is 30.7 Å². The summed E-state index contributed by atoms with van der Waals surface area (Å²) in [6.07, 6.45) is 2.23. The maximum absolute atomic E-state index is 12.4. The molecule has 1 atom stereocenters. The van der Waals surface area contributed by atoms with Crippen LogP contribution in [0.15, 0.2) is 83.6 Å². The third-order valence-corrected chi connectivity index (χ3v) is 7.95. The molecule has 2 aromatic heterocycles. The summed E-state index contributed by atoms with van der Waals surface area (Å²) in [5, 5.41) is 9.11. The highest BCUT2D eigenvalue weighted by atomic mass is 16.5. The van der Waals surface area contributed by atoms with Crippen molar-refractivity contribution in [1.29, 1.82) is 0 Å². The third kappa shape index (κ3) is 6.09. The number of piperazine rings is 1. The van der Waals surface area contributed by atoms with Crippen molar-refractivity contribution in [2.75, 3.05) is 19.6 Å². The Labute approximate surface area is 239 Å². The highest BCUT2D eigenvalue weighted by Gasteiger charge is 2.33. The summed E-state index contributed by atoms with van der Waals surface area (Å²) in [6, 6.07) is 22.3. The maximum Gasteiger partial charge on any atom is 0.407 e. The van der Waals surface area contributed by atoms with E-state index < -0.39 is 6.09 Å². The lowest BCUT2D eigenvalue weighted by molar-refractivity contribution is -0.135. The van der Waals surface area contributed by atoms with E-state index in [0.717, 1.165) is 21.9 Å². The van der Waals surface area contributed by atoms with Gasteiger partial charge in [0.15, 0.2) is 0 Å². The molecule has 212 valence electrons. The summed E-state index contributed by atoms with van der Waals surface area (Å²) in [6.45, 7) is 7.85. The van der Waals surface area contributed by atoms with Gasteiger partial charge in [0.1, 0.15) is 25.2 Å². The summed E-state index contributed by atoms with van der Waals surface area (Å²) < 4.78 is 11.7. The first kappa shape index (κ1) is 27.9. The van der Waals surface area contributed by atoms with E-state index in [9.17, 15) is 9.59 Å². The van der Waals surface area contributed by atoms with Gasteiger partial charge < -0.3 is 19.2 Å². The Morgan fingerprint density at radius 3 is 2.34 bits per heavy atom. The molecule has 1 fully saturated rings. The van der Waals surface area contributed by atoms with Gasteiger partial charge in [0.25, 0.3) is 0 Å². The van der Waals surface area contributed by atoms with Gasteiger partial charge in [-0.25, -0.2) is 9.78 Å². The second kappa shape index (κ2) is 11.8. The number of ether oxygens (including phenoxy) is 1. The molecule has 1 saturated heterocycles. The van der Waals surface area contributed by atoms with Gasteiger partial charge in [0.05, 0.1) is 17.9 Å². The van der Waals surface area contributed by atoms with Crippen LogP contribution in [0.5, 0.6) is 5.75 Å². The number of hydrogen-bond acceptors (Lipinski definition) is 6. The molecule has 9 heteroatoms. The van der Waals surface area contributed by atoms with Crippen LogP contribution >= 0.6 is 0 Å². The van der Waals surface area contributed by atoms with E-state index in [2.05, 4.69) is 55.0 Å². The molecule has 5 rings (SSSR count). The van der Waals surface area contributed by atoms with Crippen LogP contribution in [-0.2, 0) is 23.4 Å². The smallest absolute Gasteiger partial charge is 0.407 e.